The molecule has 8 heteroatoms. The molecule has 1 aromatic heterocycles. The fourth-order valence-corrected chi connectivity index (χ4v) is 4.44. The maximum absolute atomic E-state index is 13.0. The van der Waals surface area contributed by atoms with Crippen LogP contribution in [-0.4, -0.2) is 46.2 Å². The van der Waals surface area contributed by atoms with Gasteiger partial charge in [0.25, 0.3) is 0 Å². The molecule has 2 aromatic rings. The summed E-state index contributed by atoms with van der Waals surface area (Å²) >= 11 is 1.59. The van der Waals surface area contributed by atoms with Gasteiger partial charge in [0.1, 0.15) is 5.82 Å². The molecule has 1 unspecified atom stereocenters. The molecule has 2 heterocycles. The highest BCUT2D eigenvalue weighted by Crippen LogP contribution is 2.24. The summed E-state index contributed by atoms with van der Waals surface area (Å²) in [5, 5.41) is 4.02. The third kappa shape index (κ3) is 4.20. The van der Waals surface area contributed by atoms with Crippen LogP contribution in [0.3, 0.4) is 0 Å². The van der Waals surface area contributed by atoms with Gasteiger partial charge < -0.3 is 4.74 Å². The Hall–Kier alpha value is -1.32. The van der Waals surface area contributed by atoms with Gasteiger partial charge in [0.15, 0.2) is 0 Å². The SMILES string of the molecule is O=S(=O)(NCC(c1ccsc1)N1CCOCC1)c1ccc(F)cc1. The lowest BCUT2D eigenvalue weighted by molar-refractivity contribution is 0.0173. The fraction of sp³-hybridized carbons (Fsp3) is 0.375. The van der Waals surface area contributed by atoms with Crippen LogP contribution in [0.25, 0.3) is 0 Å². The van der Waals surface area contributed by atoms with Crippen molar-refractivity contribution in [2.75, 3.05) is 32.8 Å². The van der Waals surface area contributed by atoms with Gasteiger partial charge in [-0.05, 0) is 46.7 Å². The topological polar surface area (TPSA) is 58.6 Å². The first-order valence-electron chi connectivity index (χ1n) is 7.65. The highest BCUT2D eigenvalue weighted by atomic mass is 32.2. The summed E-state index contributed by atoms with van der Waals surface area (Å²) in [5.74, 6) is -0.460. The number of sulfonamides is 1. The molecule has 1 fully saturated rings. The molecule has 1 atom stereocenters. The second-order valence-corrected chi connectivity index (χ2v) is 8.07. The first-order chi connectivity index (χ1) is 11.6. The number of rotatable bonds is 6. The minimum atomic E-state index is -3.67. The summed E-state index contributed by atoms with van der Waals surface area (Å²) in [6.07, 6.45) is 0. The number of halogens is 1. The summed E-state index contributed by atoms with van der Waals surface area (Å²) in [4.78, 5) is 2.29. The highest BCUT2D eigenvalue weighted by Gasteiger charge is 2.25. The lowest BCUT2D eigenvalue weighted by Crippen LogP contribution is -2.43. The van der Waals surface area contributed by atoms with Crippen molar-refractivity contribution in [1.29, 1.82) is 0 Å². The van der Waals surface area contributed by atoms with Crippen molar-refractivity contribution in [2.24, 2.45) is 0 Å². The Kier molecular flexibility index (Phi) is 5.62. The monoisotopic (exact) mass is 370 g/mol. The number of benzene rings is 1. The second-order valence-electron chi connectivity index (χ2n) is 5.53. The highest BCUT2D eigenvalue weighted by molar-refractivity contribution is 7.89. The van der Waals surface area contributed by atoms with Crippen LogP contribution in [0.5, 0.6) is 0 Å². The van der Waals surface area contributed by atoms with Crippen molar-refractivity contribution in [3.8, 4) is 0 Å². The van der Waals surface area contributed by atoms with E-state index in [1.165, 1.54) is 12.1 Å². The van der Waals surface area contributed by atoms with Crippen molar-refractivity contribution in [1.82, 2.24) is 9.62 Å². The van der Waals surface area contributed by atoms with Gasteiger partial charge in [-0.3, -0.25) is 4.90 Å². The molecule has 1 saturated heterocycles. The quantitative estimate of drug-likeness (QED) is 0.847. The summed E-state index contributed by atoms with van der Waals surface area (Å²) in [7, 11) is -3.67. The minimum absolute atomic E-state index is 0.0460. The molecule has 0 saturated carbocycles. The van der Waals surface area contributed by atoms with Crippen molar-refractivity contribution < 1.29 is 17.5 Å². The summed E-state index contributed by atoms with van der Waals surface area (Å²) in [6.45, 7) is 3.07. The molecule has 1 aromatic carbocycles. The minimum Gasteiger partial charge on any atom is -0.379 e. The van der Waals surface area contributed by atoms with Gasteiger partial charge in [-0.2, -0.15) is 11.3 Å². The molecule has 3 rings (SSSR count). The number of nitrogens with one attached hydrogen (secondary N) is 1. The lowest BCUT2D eigenvalue weighted by Gasteiger charge is -2.34. The smallest absolute Gasteiger partial charge is 0.240 e. The van der Waals surface area contributed by atoms with Gasteiger partial charge in [-0.25, -0.2) is 17.5 Å². The molecule has 0 bridgehead atoms. The average molecular weight is 370 g/mol. The number of thiophene rings is 1. The maximum atomic E-state index is 13.0. The maximum Gasteiger partial charge on any atom is 0.240 e. The fourth-order valence-electron chi connectivity index (χ4n) is 2.70. The lowest BCUT2D eigenvalue weighted by atomic mass is 10.1. The molecule has 130 valence electrons. The third-order valence-electron chi connectivity index (χ3n) is 4.01. The molecule has 0 aliphatic carbocycles. The van der Waals surface area contributed by atoms with Crippen LogP contribution in [0, 0.1) is 5.82 Å². The number of hydrogen-bond donors (Lipinski definition) is 1. The standard InChI is InChI=1S/C16H19FN2O3S2/c17-14-1-3-15(4-2-14)24(20,21)18-11-16(13-5-10-23-12-13)19-6-8-22-9-7-19/h1-5,10,12,16,18H,6-9,11H2. The van der Waals surface area contributed by atoms with E-state index in [1.54, 1.807) is 11.3 Å². The Balaban J connectivity index is 1.74. The van der Waals surface area contributed by atoms with Gasteiger partial charge in [0.2, 0.25) is 10.0 Å². The molecule has 5 nitrogen and oxygen atoms in total. The van der Waals surface area contributed by atoms with Gasteiger partial charge in [0, 0.05) is 25.7 Å². The Labute approximate surface area is 145 Å². The molecule has 0 radical (unpaired) electrons. The zero-order chi connectivity index (χ0) is 17.0. The molecule has 0 spiro atoms. The van der Waals surface area contributed by atoms with Crippen LogP contribution in [0.4, 0.5) is 4.39 Å². The van der Waals surface area contributed by atoms with Gasteiger partial charge in [-0.15, -0.1) is 0 Å². The van der Waals surface area contributed by atoms with E-state index in [-0.39, 0.29) is 17.5 Å². The largest absolute Gasteiger partial charge is 0.379 e. The van der Waals surface area contributed by atoms with Crippen LogP contribution in [-0.2, 0) is 14.8 Å². The first-order valence-corrected chi connectivity index (χ1v) is 10.1. The normalized spacial score (nSPS) is 17.7. The molecular formula is C16H19FN2O3S2. The van der Waals surface area contributed by atoms with Crippen LogP contribution in [0.1, 0.15) is 11.6 Å². The van der Waals surface area contributed by atoms with E-state index in [0.29, 0.717) is 13.2 Å². The summed E-state index contributed by atoms with van der Waals surface area (Å²) < 4.78 is 45.9. The second kappa shape index (κ2) is 7.71. The van der Waals surface area contributed by atoms with Crippen molar-refractivity contribution in [2.45, 2.75) is 10.9 Å². The Morgan fingerprint density at radius 3 is 2.54 bits per heavy atom. The number of hydrogen-bond acceptors (Lipinski definition) is 5. The van der Waals surface area contributed by atoms with E-state index < -0.39 is 15.8 Å². The Morgan fingerprint density at radius 1 is 1.21 bits per heavy atom. The number of ether oxygens (including phenoxy) is 1. The molecule has 1 N–H and O–H groups in total. The third-order valence-corrected chi connectivity index (χ3v) is 6.15. The Morgan fingerprint density at radius 2 is 1.92 bits per heavy atom. The first kappa shape index (κ1) is 17.5. The predicted octanol–water partition coefficient (Wildman–Crippen LogP) is 2.24. The van der Waals surface area contributed by atoms with Gasteiger partial charge in [0.05, 0.1) is 18.1 Å². The van der Waals surface area contributed by atoms with Crippen molar-refractivity contribution in [3.05, 3.63) is 52.5 Å². The predicted molar refractivity (Wildman–Crippen MR) is 91.0 cm³/mol. The van der Waals surface area contributed by atoms with E-state index in [2.05, 4.69) is 9.62 Å². The van der Waals surface area contributed by atoms with Gasteiger partial charge in [-0.1, -0.05) is 0 Å². The van der Waals surface area contributed by atoms with Crippen molar-refractivity contribution >= 4 is 21.4 Å². The van der Waals surface area contributed by atoms with Gasteiger partial charge >= 0.3 is 0 Å². The molecule has 0 amide bonds. The molecular weight excluding hydrogens is 351 g/mol. The number of nitrogens with zero attached hydrogens (tertiary/aromatic N) is 1. The van der Waals surface area contributed by atoms with Crippen LogP contribution >= 0.6 is 11.3 Å². The zero-order valence-corrected chi connectivity index (χ0v) is 14.7. The van der Waals surface area contributed by atoms with E-state index >= 15 is 0 Å². The summed E-state index contributed by atoms with van der Waals surface area (Å²) in [6, 6.07) is 6.80. The van der Waals surface area contributed by atoms with Crippen LogP contribution in [0.2, 0.25) is 0 Å². The van der Waals surface area contributed by atoms with E-state index in [1.807, 2.05) is 16.8 Å². The van der Waals surface area contributed by atoms with E-state index in [4.69, 9.17) is 4.74 Å². The van der Waals surface area contributed by atoms with Crippen molar-refractivity contribution in [3.63, 3.8) is 0 Å². The Bertz CT molecular complexity index is 742. The molecule has 1 aliphatic heterocycles. The number of morpholine rings is 1. The van der Waals surface area contributed by atoms with E-state index in [9.17, 15) is 12.8 Å². The summed E-state index contributed by atoms with van der Waals surface area (Å²) in [5.41, 5.74) is 1.09. The van der Waals surface area contributed by atoms with Crippen LogP contribution < -0.4 is 4.72 Å². The molecule has 1 aliphatic rings. The van der Waals surface area contributed by atoms with Crippen LogP contribution in [0.15, 0.2) is 46.0 Å². The average Bonchev–Trinajstić information content (AvgIpc) is 3.11. The van der Waals surface area contributed by atoms with E-state index in [0.717, 1.165) is 30.8 Å². The molecule has 24 heavy (non-hydrogen) atoms. The zero-order valence-electron chi connectivity index (χ0n) is 13.0.